The maximum atomic E-state index is 12.0. The quantitative estimate of drug-likeness (QED) is 0.408. The number of carbonyl (C=O) groups is 1. The lowest BCUT2D eigenvalue weighted by Crippen LogP contribution is -2.15. The molecule has 1 aromatic rings. The summed E-state index contributed by atoms with van der Waals surface area (Å²) in [5, 5.41) is 0. The Morgan fingerprint density at radius 1 is 1.47 bits per heavy atom. The molecule has 1 atom stereocenters. The third-order valence-corrected chi connectivity index (χ3v) is 5.24. The molecule has 0 aromatic heterocycles. The van der Waals surface area contributed by atoms with Gasteiger partial charge in [0.1, 0.15) is 0 Å². The summed E-state index contributed by atoms with van der Waals surface area (Å²) in [4.78, 5) is 12.0. The molecule has 0 fully saturated rings. The molecule has 0 spiro atoms. The van der Waals surface area contributed by atoms with Gasteiger partial charge in [0.05, 0.1) is 10.5 Å². The normalized spacial score (nSPS) is 21.1. The fourth-order valence-electron chi connectivity index (χ4n) is 1.62. The van der Waals surface area contributed by atoms with E-state index in [1.165, 1.54) is 0 Å². The van der Waals surface area contributed by atoms with Crippen LogP contribution in [0, 0.1) is 0 Å². The van der Waals surface area contributed by atoms with Crippen molar-refractivity contribution in [2.45, 2.75) is 11.2 Å². The van der Waals surface area contributed by atoms with Crippen molar-refractivity contribution in [3.63, 3.8) is 0 Å². The van der Waals surface area contributed by atoms with Crippen molar-refractivity contribution in [1.82, 2.24) is 0 Å². The summed E-state index contributed by atoms with van der Waals surface area (Å²) >= 11 is 5.69. The van der Waals surface area contributed by atoms with Crippen LogP contribution in [0.5, 0.6) is 0 Å². The fourth-order valence-corrected chi connectivity index (χ4v) is 3.71. The van der Waals surface area contributed by atoms with Crippen LogP contribution in [-0.2, 0) is 0 Å². The van der Waals surface area contributed by atoms with Crippen LogP contribution in [0.1, 0.15) is 16.8 Å². The predicted molar refractivity (Wildman–Crippen MR) is 77.1 cm³/mol. The van der Waals surface area contributed by atoms with Crippen LogP contribution >= 0.6 is 46.3 Å². The molecule has 1 unspecified atom stereocenters. The SMILES string of the molecule is O=C1c2ccccc2N(SI)CCC1Br. The van der Waals surface area contributed by atoms with Gasteiger partial charge in [0.2, 0.25) is 0 Å². The third kappa shape index (κ3) is 2.34. The van der Waals surface area contributed by atoms with Gasteiger partial charge in [-0.1, -0.05) is 28.1 Å². The zero-order chi connectivity index (χ0) is 10.8. The van der Waals surface area contributed by atoms with Crippen molar-refractivity contribution in [3.8, 4) is 0 Å². The summed E-state index contributed by atoms with van der Waals surface area (Å²) in [7, 11) is 1.64. The minimum atomic E-state index is -0.0489. The van der Waals surface area contributed by atoms with Crippen molar-refractivity contribution in [2.24, 2.45) is 0 Å². The minimum absolute atomic E-state index is 0.0489. The van der Waals surface area contributed by atoms with Crippen molar-refractivity contribution in [3.05, 3.63) is 29.8 Å². The summed E-state index contributed by atoms with van der Waals surface area (Å²) in [5.41, 5.74) is 1.85. The Hall–Kier alpha value is 0.250. The molecule has 2 nitrogen and oxygen atoms in total. The van der Waals surface area contributed by atoms with Crippen LogP contribution < -0.4 is 4.31 Å². The van der Waals surface area contributed by atoms with Gasteiger partial charge in [0, 0.05) is 42.4 Å². The Balaban J connectivity index is 2.49. The molecule has 0 aliphatic carbocycles. The number of nitrogens with zero attached hydrogens (tertiary/aromatic N) is 1. The van der Waals surface area contributed by atoms with Gasteiger partial charge in [-0.25, -0.2) is 0 Å². The highest BCUT2D eigenvalue weighted by Gasteiger charge is 2.26. The van der Waals surface area contributed by atoms with Crippen molar-refractivity contribution >= 4 is 57.7 Å². The van der Waals surface area contributed by atoms with Gasteiger partial charge in [-0.15, -0.1) is 0 Å². The van der Waals surface area contributed by atoms with E-state index in [1.54, 1.807) is 9.12 Å². The monoisotopic (exact) mass is 397 g/mol. The fraction of sp³-hybridized carbons (Fsp3) is 0.300. The number of para-hydroxylation sites is 1. The number of hydrogen-bond donors (Lipinski definition) is 0. The lowest BCUT2D eigenvalue weighted by Gasteiger charge is -2.19. The number of ketones is 1. The van der Waals surface area contributed by atoms with Gasteiger partial charge >= 0.3 is 0 Å². The molecule has 80 valence electrons. The molecule has 1 heterocycles. The van der Waals surface area contributed by atoms with E-state index in [1.807, 2.05) is 24.3 Å². The summed E-state index contributed by atoms with van der Waals surface area (Å²) in [5.74, 6) is 0.193. The Labute approximate surface area is 114 Å². The number of alkyl halides is 1. The zero-order valence-corrected chi connectivity index (χ0v) is 12.4. The van der Waals surface area contributed by atoms with E-state index >= 15 is 0 Å². The maximum Gasteiger partial charge on any atom is 0.178 e. The zero-order valence-electron chi connectivity index (χ0n) is 7.82. The molecular formula is C10H9BrINOS. The smallest absolute Gasteiger partial charge is 0.178 e. The van der Waals surface area contributed by atoms with Gasteiger partial charge in [0.25, 0.3) is 0 Å². The first-order valence-corrected chi connectivity index (χ1v) is 8.81. The molecule has 1 aromatic carbocycles. The van der Waals surface area contributed by atoms with Crippen LogP contribution in [0.15, 0.2) is 24.3 Å². The molecule has 0 saturated heterocycles. The van der Waals surface area contributed by atoms with Gasteiger partial charge in [0.15, 0.2) is 5.78 Å². The molecule has 0 amide bonds. The van der Waals surface area contributed by atoms with Crippen LogP contribution in [-0.4, -0.2) is 17.2 Å². The Morgan fingerprint density at radius 3 is 2.93 bits per heavy atom. The number of halogens is 2. The van der Waals surface area contributed by atoms with Crippen molar-refractivity contribution in [2.75, 3.05) is 10.8 Å². The number of carbonyl (C=O) groups excluding carboxylic acids is 1. The molecule has 0 radical (unpaired) electrons. The summed E-state index contributed by atoms with van der Waals surface area (Å²) in [6.07, 6.45) is 0.851. The lowest BCUT2D eigenvalue weighted by atomic mass is 10.1. The average molecular weight is 398 g/mol. The molecule has 0 saturated carbocycles. The number of fused-ring (bicyclic) bond motifs is 1. The standard InChI is InChI=1S/C10H9BrINOS/c11-8-5-6-13(15-12)9-4-2-1-3-7(9)10(8)14/h1-4,8H,5-6H2. The van der Waals surface area contributed by atoms with Crippen molar-refractivity contribution in [1.29, 1.82) is 0 Å². The number of anilines is 1. The maximum absolute atomic E-state index is 12.0. The Morgan fingerprint density at radius 2 is 2.20 bits per heavy atom. The van der Waals surface area contributed by atoms with Gasteiger partial charge in [-0.2, -0.15) is 0 Å². The minimum Gasteiger partial charge on any atom is -0.307 e. The number of Topliss-reactive ketones (excluding diaryl/α,β-unsaturated/α-hetero) is 1. The second-order valence-corrected chi connectivity index (χ2v) is 6.17. The van der Waals surface area contributed by atoms with Crippen molar-refractivity contribution < 1.29 is 4.79 Å². The largest absolute Gasteiger partial charge is 0.307 e. The van der Waals surface area contributed by atoms with Crippen LogP contribution in [0.25, 0.3) is 0 Å². The summed E-state index contributed by atoms with van der Waals surface area (Å²) in [6, 6.07) is 7.79. The summed E-state index contributed by atoms with van der Waals surface area (Å²) < 4.78 is 2.16. The molecule has 2 rings (SSSR count). The van der Waals surface area contributed by atoms with Crippen LogP contribution in [0.3, 0.4) is 0 Å². The molecular weight excluding hydrogens is 389 g/mol. The third-order valence-electron chi connectivity index (χ3n) is 2.39. The van der Waals surface area contributed by atoms with E-state index in [-0.39, 0.29) is 10.6 Å². The highest BCUT2D eigenvalue weighted by molar-refractivity contribution is 14.2. The van der Waals surface area contributed by atoms with Crippen LogP contribution in [0.4, 0.5) is 5.69 Å². The van der Waals surface area contributed by atoms with Gasteiger partial charge in [-0.05, 0) is 18.6 Å². The van der Waals surface area contributed by atoms with E-state index in [4.69, 9.17) is 0 Å². The van der Waals surface area contributed by atoms with Crippen LogP contribution in [0.2, 0.25) is 0 Å². The molecule has 15 heavy (non-hydrogen) atoms. The highest BCUT2D eigenvalue weighted by atomic mass is 127. The Kier molecular flexibility index (Phi) is 3.95. The predicted octanol–water partition coefficient (Wildman–Crippen LogP) is 3.84. The van der Waals surface area contributed by atoms with E-state index in [2.05, 4.69) is 41.4 Å². The first-order valence-electron chi connectivity index (χ1n) is 4.57. The second-order valence-electron chi connectivity index (χ2n) is 3.31. The second kappa shape index (κ2) is 5.05. The first-order chi connectivity index (χ1) is 7.24. The van der Waals surface area contributed by atoms with E-state index in [0.717, 1.165) is 24.2 Å². The first kappa shape index (κ1) is 11.7. The molecule has 0 bridgehead atoms. The Bertz CT molecular complexity index is 387. The molecule has 1 aliphatic heterocycles. The lowest BCUT2D eigenvalue weighted by molar-refractivity contribution is 0.0992. The van der Waals surface area contributed by atoms with E-state index < -0.39 is 0 Å². The van der Waals surface area contributed by atoms with Gasteiger partial charge < -0.3 is 4.31 Å². The number of benzene rings is 1. The number of hydrogen-bond acceptors (Lipinski definition) is 3. The highest BCUT2D eigenvalue weighted by Crippen LogP contribution is 2.35. The number of rotatable bonds is 1. The molecule has 5 heteroatoms. The van der Waals surface area contributed by atoms with Gasteiger partial charge in [-0.3, -0.25) is 4.79 Å². The summed E-state index contributed by atoms with van der Waals surface area (Å²) in [6.45, 7) is 0.895. The van der Waals surface area contributed by atoms with E-state index in [0.29, 0.717) is 0 Å². The van der Waals surface area contributed by atoms with E-state index in [9.17, 15) is 4.79 Å². The average Bonchev–Trinajstić information content (AvgIpc) is 2.39. The molecule has 1 aliphatic rings. The molecule has 0 N–H and O–H groups in total. The topological polar surface area (TPSA) is 20.3 Å².